The molecular weight excluding hydrogens is 488 g/mol. The minimum absolute atomic E-state index is 0.179. The highest BCUT2D eigenvalue weighted by Gasteiger charge is 2.34. The van der Waals surface area contributed by atoms with E-state index in [0.717, 1.165) is 35.5 Å². The normalized spacial score (nSPS) is 18.4. The molecule has 10 heteroatoms. The molecule has 0 spiro atoms. The molecule has 3 aliphatic rings. The Labute approximate surface area is 218 Å². The number of aromatic amines is 1. The summed E-state index contributed by atoms with van der Waals surface area (Å²) >= 11 is 0. The van der Waals surface area contributed by atoms with Crippen LogP contribution in [0.3, 0.4) is 0 Å². The Kier molecular flexibility index (Phi) is 6.24. The van der Waals surface area contributed by atoms with Crippen LogP contribution in [-0.2, 0) is 16.0 Å². The third kappa shape index (κ3) is 4.58. The standard InChI is InChI=1S/C28H28N4O6/c33-25-16-20(31-9-11-37-12-10-31)15-22(30-25)21-4-1-3-17-13-18-14-19(6-7-24(18)38-26(17)21)29-27(34)23-5-2-8-32(23)28(35)36/h1,3-4,6-7,14-16,23H,2,5,8-13H2,(H,29,34)(H,30,33)(H,35,36). The predicted octanol–water partition coefficient (Wildman–Crippen LogP) is 3.66. The molecule has 10 nitrogen and oxygen atoms in total. The Balaban J connectivity index is 1.25. The molecule has 4 heterocycles. The first-order chi connectivity index (χ1) is 18.5. The van der Waals surface area contributed by atoms with Crippen molar-refractivity contribution in [2.75, 3.05) is 43.1 Å². The van der Waals surface area contributed by atoms with Crippen molar-refractivity contribution < 1.29 is 24.2 Å². The van der Waals surface area contributed by atoms with Gasteiger partial charge in [-0.2, -0.15) is 0 Å². The van der Waals surface area contributed by atoms with Gasteiger partial charge in [-0.05, 0) is 48.7 Å². The number of aromatic nitrogens is 1. The lowest BCUT2D eigenvalue weighted by atomic mass is 9.96. The van der Waals surface area contributed by atoms with Crippen LogP contribution in [0.25, 0.3) is 11.3 Å². The number of likely N-dealkylation sites (tertiary alicyclic amines) is 1. The third-order valence-corrected chi connectivity index (χ3v) is 7.31. The summed E-state index contributed by atoms with van der Waals surface area (Å²) in [4.78, 5) is 43.0. The van der Waals surface area contributed by atoms with Crippen molar-refractivity contribution >= 4 is 23.4 Å². The lowest BCUT2D eigenvalue weighted by Crippen LogP contribution is -2.42. The second kappa shape index (κ2) is 9.86. The van der Waals surface area contributed by atoms with Gasteiger partial charge in [0.05, 0.1) is 18.9 Å². The topological polar surface area (TPSA) is 124 Å². The third-order valence-electron chi connectivity index (χ3n) is 7.31. The summed E-state index contributed by atoms with van der Waals surface area (Å²) in [6.45, 7) is 3.08. The summed E-state index contributed by atoms with van der Waals surface area (Å²) in [5, 5.41) is 12.2. The summed E-state index contributed by atoms with van der Waals surface area (Å²) in [7, 11) is 0. The molecule has 0 bridgehead atoms. The number of hydrogen-bond donors (Lipinski definition) is 3. The number of anilines is 2. The molecule has 3 N–H and O–H groups in total. The van der Waals surface area contributed by atoms with Crippen LogP contribution in [0.4, 0.5) is 16.2 Å². The van der Waals surface area contributed by atoms with E-state index in [4.69, 9.17) is 9.47 Å². The number of carbonyl (C=O) groups is 2. The number of hydrogen-bond acceptors (Lipinski definition) is 6. The number of H-pyrrole nitrogens is 1. The van der Waals surface area contributed by atoms with Crippen LogP contribution in [-0.4, -0.2) is 65.9 Å². The second-order valence-corrected chi connectivity index (χ2v) is 9.73. The minimum Gasteiger partial charge on any atom is -0.465 e. The van der Waals surface area contributed by atoms with Crippen molar-refractivity contribution in [2.45, 2.75) is 25.3 Å². The SMILES string of the molecule is O=C(Nc1ccc2c(c1)Cc1cccc(-c3cc(N4CCOCC4)cc(=O)[nH]3)c1O2)C1CCCN1C(=O)O. The van der Waals surface area contributed by atoms with Crippen LogP contribution in [0.2, 0.25) is 0 Å². The van der Waals surface area contributed by atoms with Crippen LogP contribution in [0, 0.1) is 0 Å². The Morgan fingerprint density at radius 2 is 1.87 bits per heavy atom. The predicted molar refractivity (Wildman–Crippen MR) is 141 cm³/mol. The highest BCUT2D eigenvalue weighted by molar-refractivity contribution is 5.97. The zero-order valence-corrected chi connectivity index (χ0v) is 20.7. The van der Waals surface area contributed by atoms with Crippen molar-refractivity contribution in [2.24, 2.45) is 0 Å². The van der Waals surface area contributed by atoms with Crippen LogP contribution in [0.15, 0.2) is 53.3 Å². The maximum atomic E-state index is 12.8. The zero-order chi connectivity index (χ0) is 26.2. The van der Waals surface area contributed by atoms with Gasteiger partial charge >= 0.3 is 6.09 Å². The maximum absolute atomic E-state index is 12.8. The van der Waals surface area contributed by atoms with Gasteiger partial charge in [0.1, 0.15) is 17.5 Å². The Bertz CT molecular complexity index is 1460. The number of benzene rings is 2. The molecule has 1 aromatic heterocycles. The van der Waals surface area contributed by atoms with E-state index in [9.17, 15) is 19.5 Å². The molecule has 0 radical (unpaired) electrons. The number of carboxylic acid groups (broad SMARTS) is 1. The van der Waals surface area contributed by atoms with Gasteiger partial charge < -0.3 is 29.8 Å². The number of ether oxygens (including phenoxy) is 2. The summed E-state index contributed by atoms with van der Waals surface area (Å²) in [6.07, 6.45) is 0.685. The fourth-order valence-corrected chi connectivity index (χ4v) is 5.44. The van der Waals surface area contributed by atoms with Gasteiger partial charge in [0.2, 0.25) is 11.5 Å². The van der Waals surface area contributed by atoms with Crippen molar-refractivity contribution in [3.05, 3.63) is 70.0 Å². The molecular formula is C28H28N4O6. The van der Waals surface area contributed by atoms with E-state index in [2.05, 4.69) is 15.2 Å². The molecule has 0 aliphatic carbocycles. The van der Waals surface area contributed by atoms with Gasteiger partial charge in [0, 0.05) is 54.6 Å². The van der Waals surface area contributed by atoms with E-state index in [1.807, 2.05) is 30.3 Å². The quantitative estimate of drug-likeness (QED) is 0.378. The summed E-state index contributed by atoms with van der Waals surface area (Å²) in [5.74, 6) is 1.03. The number of rotatable bonds is 4. The summed E-state index contributed by atoms with van der Waals surface area (Å²) in [6, 6.07) is 14.2. The van der Waals surface area contributed by atoms with Crippen LogP contribution >= 0.6 is 0 Å². The number of fused-ring (bicyclic) bond motifs is 2. The van der Waals surface area contributed by atoms with E-state index in [1.54, 1.807) is 18.2 Å². The summed E-state index contributed by atoms with van der Waals surface area (Å²) < 4.78 is 11.8. The zero-order valence-electron chi connectivity index (χ0n) is 20.7. The van der Waals surface area contributed by atoms with Crippen molar-refractivity contribution in [3.8, 4) is 22.8 Å². The molecule has 2 saturated heterocycles. The van der Waals surface area contributed by atoms with Gasteiger partial charge in [-0.1, -0.05) is 12.1 Å². The van der Waals surface area contributed by atoms with Gasteiger partial charge in [-0.25, -0.2) is 4.79 Å². The van der Waals surface area contributed by atoms with E-state index in [0.29, 0.717) is 61.9 Å². The number of pyridine rings is 1. The molecule has 3 aliphatic heterocycles. The molecule has 1 atom stereocenters. The first-order valence-electron chi connectivity index (χ1n) is 12.8. The fourth-order valence-electron chi connectivity index (χ4n) is 5.44. The van der Waals surface area contributed by atoms with Crippen molar-refractivity contribution in [1.82, 2.24) is 9.88 Å². The first-order valence-corrected chi connectivity index (χ1v) is 12.8. The van der Waals surface area contributed by atoms with Gasteiger partial charge in [0.25, 0.3) is 0 Å². The first kappa shape index (κ1) is 24.1. The molecule has 1 unspecified atom stereocenters. The monoisotopic (exact) mass is 516 g/mol. The highest BCUT2D eigenvalue weighted by atomic mass is 16.5. The Hall–Kier alpha value is -4.31. The Morgan fingerprint density at radius 3 is 2.68 bits per heavy atom. The number of para-hydroxylation sites is 1. The number of carbonyl (C=O) groups excluding carboxylic acids is 1. The minimum atomic E-state index is -1.08. The number of amides is 2. The molecule has 38 heavy (non-hydrogen) atoms. The molecule has 0 saturated carbocycles. The van der Waals surface area contributed by atoms with E-state index >= 15 is 0 Å². The molecule has 2 fully saturated rings. The average Bonchev–Trinajstić information content (AvgIpc) is 3.43. The maximum Gasteiger partial charge on any atom is 0.407 e. The number of nitrogens with one attached hydrogen (secondary N) is 2. The van der Waals surface area contributed by atoms with Crippen LogP contribution in [0.5, 0.6) is 11.5 Å². The lowest BCUT2D eigenvalue weighted by Gasteiger charge is -2.29. The molecule has 3 aromatic rings. The van der Waals surface area contributed by atoms with Gasteiger partial charge in [-0.15, -0.1) is 0 Å². The summed E-state index contributed by atoms with van der Waals surface area (Å²) in [5.41, 5.74) is 4.62. The Morgan fingerprint density at radius 1 is 1.03 bits per heavy atom. The van der Waals surface area contributed by atoms with Gasteiger partial charge in [0.15, 0.2) is 0 Å². The highest BCUT2D eigenvalue weighted by Crippen LogP contribution is 2.43. The number of nitrogens with zero attached hydrogens (tertiary/aromatic N) is 2. The fraction of sp³-hybridized carbons (Fsp3) is 0.321. The molecule has 6 rings (SSSR count). The lowest BCUT2D eigenvalue weighted by molar-refractivity contribution is -0.119. The van der Waals surface area contributed by atoms with E-state index in [-0.39, 0.29) is 11.5 Å². The van der Waals surface area contributed by atoms with Crippen LogP contribution in [0.1, 0.15) is 24.0 Å². The second-order valence-electron chi connectivity index (χ2n) is 9.73. The molecule has 2 aromatic carbocycles. The smallest absolute Gasteiger partial charge is 0.407 e. The van der Waals surface area contributed by atoms with Crippen LogP contribution < -0.4 is 20.5 Å². The molecule has 2 amide bonds. The van der Waals surface area contributed by atoms with E-state index in [1.165, 1.54) is 4.90 Å². The van der Waals surface area contributed by atoms with E-state index < -0.39 is 12.1 Å². The van der Waals surface area contributed by atoms with Gasteiger partial charge in [-0.3, -0.25) is 14.5 Å². The average molecular weight is 517 g/mol. The molecule has 196 valence electrons. The number of morpholine rings is 1. The van der Waals surface area contributed by atoms with Crippen molar-refractivity contribution in [3.63, 3.8) is 0 Å². The van der Waals surface area contributed by atoms with Crippen molar-refractivity contribution in [1.29, 1.82) is 0 Å². The largest absolute Gasteiger partial charge is 0.465 e.